The standard InChI is InChI=1S/C15H23NO3/c1-9(17)4-12(8-16)13-7-14-11(5-10(2)19-14)6-15(13)18-3/h6-7,9-10,12,17H,4-5,8,16H2,1-3H3. The molecule has 3 atom stereocenters. The molecule has 19 heavy (non-hydrogen) atoms. The Labute approximate surface area is 114 Å². The summed E-state index contributed by atoms with van der Waals surface area (Å²) in [4.78, 5) is 0. The maximum absolute atomic E-state index is 9.59. The lowest BCUT2D eigenvalue weighted by molar-refractivity contribution is 0.174. The van der Waals surface area contributed by atoms with Gasteiger partial charge in [-0.05, 0) is 38.9 Å². The summed E-state index contributed by atoms with van der Waals surface area (Å²) < 4.78 is 11.3. The molecular weight excluding hydrogens is 242 g/mol. The summed E-state index contributed by atoms with van der Waals surface area (Å²) in [6.07, 6.45) is 1.37. The number of aliphatic hydroxyl groups is 1. The monoisotopic (exact) mass is 265 g/mol. The Balaban J connectivity index is 2.36. The van der Waals surface area contributed by atoms with Crippen molar-refractivity contribution in [3.63, 3.8) is 0 Å². The SMILES string of the molecule is COc1cc2c(cc1C(CN)CC(C)O)OC(C)C2. The molecule has 106 valence electrons. The number of hydrogen-bond acceptors (Lipinski definition) is 4. The van der Waals surface area contributed by atoms with Crippen molar-refractivity contribution in [1.82, 2.24) is 0 Å². The van der Waals surface area contributed by atoms with Gasteiger partial charge in [0, 0.05) is 23.5 Å². The van der Waals surface area contributed by atoms with Crippen LogP contribution in [0, 0.1) is 0 Å². The molecule has 0 bridgehead atoms. The third-order valence-electron chi connectivity index (χ3n) is 3.60. The lowest BCUT2D eigenvalue weighted by Crippen LogP contribution is -2.18. The molecular formula is C15H23NO3. The van der Waals surface area contributed by atoms with E-state index < -0.39 is 0 Å². The van der Waals surface area contributed by atoms with Crippen LogP contribution in [0.5, 0.6) is 11.5 Å². The number of nitrogens with two attached hydrogens (primary N) is 1. The van der Waals surface area contributed by atoms with Crippen LogP contribution in [0.2, 0.25) is 0 Å². The Morgan fingerprint density at radius 2 is 2.26 bits per heavy atom. The van der Waals surface area contributed by atoms with Gasteiger partial charge in [-0.25, -0.2) is 0 Å². The molecule has 3 N–H and O–H groups in total. The summed E-state index contributed by atoms with van der Waals surface area (Å²) >= 11 is 0. The number of methoxy groups -OCH3 is 1. The van der Waals surface area contributed by atoms with E-state index in [1.54, 1.807) is 14.0 Å². The highest BCUT2D eigenvalue weighted by atomic mass is 16.5. The first kappa shape index (κ1) is 14.2. The molecule has 0 spiro atoms. The van der Waals surface area contributed by atoms with Crippen molar-refractivity contribution in [3.8, 4) is 11.5 Å². The molecule has 4 heteroatoms. The van der Waals surface area contributed by atoms with Crippen molar-refractivity contribution in [1.29, 1.82) is 0 Å². The van der Waals surface area contributed by atoms with Gasteiger partial charge in [0.15, 0.2) is 0 Å². The molecule has 1 aromatic carbocycles. The smallest absolute Gasteiger partial charge is 0.123 e. The first-order chi connectivity index (χ1) is 9.05. The predicted molar refractivity (Wildman–Crippen MR) is 74.9 cm³/mol. The fourth-order valence-electron chi connectivity index (χ4n) is 2.71. The second-order valence-corrected chi connectivity index (χ2v) is 5.35. The van der Waals surface area contributed by atoms with Gasteiger partial charge in [-0.2, -0.15) is 0 Å². The van der Waals surface area contributed by atoms with Crippen molar-refractivity contribution in [3.05, 3.63) is 23.3 Å². The lowest BCUT2D eigenvalue weighted by Gasteiger charge is -2.20. The van der Waals surface area contributed by atoms with Crippen LogP contribution in [-0.4, -0.2) is 31.0 Å². The van der Waals surface area contributed by atoms with E-state index in [4.69, 9.17) is 15.2 Å². The van der Waals surface area contributed by atoms with E-state index in [1.807, 2.05) is 12.1 Å². The molecule has 0 amide bonds. The van der Waals surface area contributed by atoms with E-state index >= 15 is 0 Å². The highest BCUT2D eigenvalue weighted by molar-refractivity contribution is 5.50. The Kier molecular flexibility index (Phi) is 4.32. The van der Waals surface area contributed by atoms with Gasteiger partial charge in [0.25, 0.3) is 0 Å². The molecule has 1 heterocycles. The summed E-state index contributed by atoms with van der Waals surface area (Å²) in [5.74, 6) is 1.85. The van der Waals surface area contributed by atoms with Gasteiger partial charge in [0.05, 0.1) is 13.2 Å². The van der Waals surface area contributed by atoms with Crippen molar-refractivity contribution >= 4 is 0 Å². The van der Waals surface area contributed by atoms with E-state index in [-0.39, 0.29) is 18.1 Å². The number of ether oxygens (including phenoxy) is 2. The lowest BCUT2D eigenvalue weighted by atomic mass is 9.91. The summed E-state index contributed by atoms with van der Waals surface area (Å²) in [6, 6.07) is 4.07. The van der Waals surface area contributed by atoms with Gasteiger partial charge in [-0.3, -0.25) is 0 Å². The average molecular weight is 265 g/mol. The van der Waals surface area contributed by atoms with Gasteiger partial charge < -0.3 is 20.3 Å². The van der Waals surface area contributed by atoms with Crippen molar-refractivity contribution in [2.24, 2.45) is 5.73 Å². The highest BCUT2D eigenvalue weighted by Crippen LogP contribution is 2.39. The summed E-state index contributed by atoms with van der Waals surface area (Å²) in [7, 11) is 1.67. The maximum atomic E-state index is 9.59. The van der Waals surface area contributed by atoms with Gasteiger partial charge in [-0.15, -0.1) is 0 Å². The van der Waals surface area contributed by atoms with Crippen LogP contribution in [0.15, 0.2) is 12.1 Å². The molecule has 0 aromatic heterocycles. The largest absolute Gasteiger partial charge is 0.496 e. The third-order valence-corrected chi connectivity index (χ3v) is 3.60. The minimum Gasteiger partial charge on any atom is -0.496 e. The fourth-order valence-corrected chi connectivity index (χ4v) is 2.71. The zero-order chi connectivity index (χ0) is 14.0. The fraction of sp³-hybridized carbons (Fsp3) is 0.600. The number of fused-ring (bicyclic) bond motifs is 1. The van der Waals surface area contributed by atoms with Crippen LogP contribution in [0.1, 0.15) is 37.3 Å². The average Bonchev–Trinajstić information content (AvgIpc) is 2.73. The van der Waals surface area contributed by atoms with Crippen LogP contribution >= 0.6 is 0 Å². The van der Waals surface area contributed by atoms with Crippen LogP contribution in [0.3, 0.4) is 0 Å². The molecule has 0 aliphatic carbocycles. The molecule has 0 saturated heterocycles. The second kappa shape index (κ2) is 5.80. The quantitative estimate of drug-likeness (QED) is 0.852. The minimum absolute atomic E-state index is 0.0831. The van der Waals surface area contributed by atoms with Gasteiger partial charge in [-0.1, -0.05) is 0 Å². The Morgan fingerprint density at radius 3 is 2.84 bits per heavy atom. The summed E-state index contributed by atoms with van der Waals surface area (Å²) in [6.45, 7) is 4.32. The van der Waals surface area contributed by atoms with Crippen molar-refractivity contribution in [2.45, 2.75) is 44.8 Å². The molecule has 3 unspecified atom stereocenters. The first-order valence-electron chi connectivity index (χ1n) is 6.80. The van der Waals surface area contributed by atoms with E-state index in [9.17, 15) is 5.11 Å². The molecule has 1 aliphatic rings. The Bertz CT molecular complexity index is 445. The number of benzene rings is 1. The first-order valence-corrected chi connectivity index (χ1v) is 6.80. The summed E-state index contributed by atoms with van der Waals surface area (Å²) in [5.41, 5.74) is 8.05. The van der Waals surface area contributed by atoms with Crippen LogP contribution in [0.4, 0.5) is 0 Å². The van der Waals surface area contributed by atoms with Crippen LogP contribution in [-0.2, 0) is 6.42 Å². The van der Waals surface area contributed by atoms with E-state index in [2.05, 4.69) is 6.92 Å². The number of hydrogen-bond donors (Lipinski definition) is 2. The Morgan fingerprint density at radius 1 is 1.53 bits per heavy atom. The molecule has 0 fully saturated rings. The molecule has 1 aromatic rings. The minimum atomic E-state index is -0.383. The third kappa shape index (κ3) is 3.01. The van der Waals surface area contributed by atoms with Gasteiger partial charge in [0.1, 0.15) is 17.6 Å². The predicted octanol–water partition coefficient (Wildman–Crippen LogP) is 1.83. The van der Waals surface area contributed by atoms with Crippen molar-refractivity contribution in [2.75, 3.05) is 13.7 Å². The zero-order valence-corrected chi connectivity index (χ0v) is 11.8. The molecule has 0 radical (unpaired) electrons. The number of rotatable bonds is 5. The summed E-state index contributed by atoms with van der Waals surface area (Å²) in [5, 5.41) is 9.59. The second-order valence-electron chi connectivity index (χ2n) is 5.35. The molecule has 2 rings (SSSR count). The van der Waals surface area contributed by atoms with E-state index in [0.29, 0.717) is 13.0 Å². The molecule has 0 saturated carbocycles. The van der Waals surface area contributed by atoms with Crippen LogP contribution < -0.4 is 15.2 Å². The number of aliphatic hydroxyl groups excluding tert-OH is 1. The van der Waals surface area contributed by atoms with Gasteiger partial charge in [0.2, 0.25) is 0 Å². The van der Waals surface area contributed by atoms with Gasteiger partial charge >= 0.3 is 0 Å². The molecule has 1 aliphatic heterocycles. The normalized spacial score (nSPS) is 20.6. The topological polar surface area (TPSA) is 64.7 Å². The Hall–Kier alpha value is -1.26. The van der Waals surface area contributed by atoms with Crippen molar-refractivity contribution < 1.29 is 14.6 Å². The maximum Gasteiger partial charge on any atom is 0.123 e. The zero-order valence-electron chi connectivity index (χ0n) is 11.8. The highest BCUT2D eigenvalue weighted by Gasteiger charge is 2.25. The van der Waals surface area contributed by atoms with Crippen LogP contribution in [0.25, 0.3) is 0 Å². The van der Waals surface area contributed by atoms with E-state index in [1.165, 1.54) is 5.56 Å². The van der Waals surface area contributed by atoms with E-state index in [0.717, 1.165) is 23.5 Å². The molecule has 4 nitrogen and oxygen atoms in total.